The first-order chi connectivity index (χ1) is 13.0. The average molecular weight is 391 g/mol. The Kier molecular flexibility index (Phi) is 6.29. The highest BCUT2D eigenvalue weighted by atomic mass is 35.5. The summed E-state index contributed by atoms with van der Waals surface area (Å²) >= 11 is 6.62. The molecule has 1 saturated heterocycles. The minimum atomic E-state index is -0.145. The fourth-order valence-corrected chi connectivity index (χ4v) is 4.07. The molecule has 0 aliphatic carbocycles. The second kappa shape index (κ2) is 8.50. The molecule has 0 spiro atoms. The standard InChI is InChI=1S/C20H29ClN6/c1-5-11-25-12-14-26(15-13-25)18(16-9-7-8-10-17(16)21)19-22-23-24-27(19)20(3,4)6-2/h5,7-10,18H,1,6,11-15H2,2-4H3/p+2/t18-/m0/s1. The van der Waals surface area contributed by atoms with E-state index in [1.54, 1.807) is 4.90 Å². The van der Waals surface area contributed by atoms with Gasteiger partial charge < -0.3 is 9.80 Å². The maximum Gasteiger partial charge on any atom is 0.214 e. The van der Waals surface area contributed by atoms with E-state index < -0.39 is 0 Å². The second-order valence-corrected chi connectivity index (χ2v) is 8.38. The molecule has 146 valence electrons. The predicted octanol–water partition coefficient (Wildman–Crippen LogP) is 0.530. The molecular weight excluding hydrogens is 360 g/mol. The molecule has 1 fully saturated rings. The van der Waals surface area contributed by atoms with Crippen LogP contribution in [0.15, 0.2) is 36.9 Å². The van der Waals surface area contributed by atoms with Crippen LogP contribution in [0.5, 0.6) is 0 Å². The molecular formula is C20H31ClN6+2. The van der Waals surface area contributed by atoms with Gasteiger partial charge in [0.15, 0.2) is 6.04 Å². The van der Waals surface area contributed by atoms with Gasteiger partial charge in [0, 0.05) is 5.56 Å². The van der Waals surface area contributed by atoms with Crippen LogP contribution < -0.4 is 9.80 Å². The number of aromatic nitrogens is 4. The number of tetrazole rings is 1. The molecule has 2 aromatic rings. The van der Waals surface area contributed by atoms with E-state index in [0.717, 1.165) is 55.6 Å². The Labute approximate surface area is 166 Å². The van der Waals surface area contributed by atoms with E-state index >= 15 is 0 Å². The number of piperazine rings is 1. The molecule has 1 aromatic carbocycles. The smallest absolute Gasteiger partial charge is 0.214 e. The van der Waals surface area contributed by atoms with Crippen molar-refractivity contribution in [3.05, 3.63) is 53.3 Å². The molecule has 0 amide bonds. The first kappa shape index (κ1) is 20.0. The van der Waals surface area contributed by atoms with Crippen LogP contribution in [0.3, 0.4) is 0 Å². The molecule has 0 bridgehead atoms. The zero-order valence-electron chi connectivity index (χ0n) is 16.6. The van der Waals surface area contributed by atoms with Crippen LogP contribution in [0.4, 0.5) is 0 Å². The van der Waals surface area contributed by atoms with Crippen molar-refractivity contribution in [2.24, 2.45) is 0 Å². The third-order valence-corrected chi connectivity index (χ3v) is 6.19. The zero-order chi connectivity index (χ0) is 19.4. The van der Waals surface area contributed by atoms with E-state index in [4.69, 9.17) is 11.6 Å². The second-order valence-electron chi connectivity index (χ2n) is 7.97. The highest BCUT2D eigenvalue weighted by Gasteiger charge is 2.38. The van der Waals surface area contributed by atoms with Crippen molar-refractivity contribution in [1.29, 1.82) is 0 Å². The average Bonchev–Trinajstić information content (AvgIpc) is 3.15. The predicted molar refractivity (Wildman–Crippen MR) is 107 cm³/mol. The lowest BCUT2D eigenvalue weighted by molar-refractivity contribution is -1.02. The Hall–Kier alpha value is -1.76. The summed E-state index contributed by atoms with van der Waals surface area (Å²) in [5.74, 6) is 0.900. The SMILES string of the molecule is C=CC[NH+]1CC[NH+]([C@@H](c2ccccc2Cl)c2nnnn2C(C)(C)CC)CC1. The number of quaternary nitrogens is 2. The van der Waals surface area contributed by atoms with Crippen LogP contribution in [0.1, 0.15) is 44.6 Å². The van der Waals surface area contributed by atoms with E-state index in [9.17, 15) is 0 Å². The Morgan fingerprint density at radius 1 is 1.26 bits per heavy atom. The summed E-state index contributed by atoms with van der Waals surface area (Å²) in [6.45, 7) is 15.8. The van der Waals surface area contributed by atoms with E-state index in [-0.39, 0.29) is 11.6 Å². The molecule has 1 aliphatic heterocycles. The minimum Gasteiger partial charge on any atom is -0.322 e. The highest BCUT2D eigenvalue weighted by molar-refractivity contribution is 6.31. The molecule has 6 nitrogen and oxygen atoms in total. The molecule has 3 rings (SSSR count). The van der Waals surface area contributed by atoms with Gasteiger partial charge in [0.25, 0.3) is 0 Å². The zero-order valence-corrected chi connectivity index (χ0v) is 17.3. The van der Waals surface area contributed by atoms with Gasteiger partial charge in [0.05, 0.1) is 17.1 Å². The van der Waals surface area contributed by atoms with Crippen LogP contribution in [-0.2, 0) is 5.54 Å². The van der Waals surface area contributed by atoms with Gasteiger partial charge in [-0.1, -0.05) is 43.3 Å². The molecule has 1 atom stereocenters. The topological polar surface area (TPSA) is 52.5 Å². The third-order valence-electron chi connectivity index (χ3n) is 5.85. The molecule has 0 saturated carbocycles. The van der Waals surface area contributed by atoms with Crippen molar-refractivity contribution in [2.75, 3.05) is 32.7 Å². The monoisotopic (exact) mass is 390 g/mol. The van der Waals surface area contributed by atoms with Crippen molar-refractivity contribution in [3.63, 3.8) is 0 Å². The van der Waals surface area contributed by atoms with Gasteiger partial charge in [0.2, 0.25) is 5.82 Å². The summed E-state index contributed by atoms with van der Waals surface area (Å²) < 4.78 is 2.00. The number of nitrogens with zero attached hydrogens (tertiary/aromatic N) is 4. The van der Waals surface area contributed by atoms with Gasteiger partial charge >= 0.3 is 0 Å². The maximum absolute atomic E-state index is 6.62. The Morgan fingerprint density at radius 3 is 2.59 bits per heavy atom. The minimum absolute atomic E-state index is 0.0322. The molecule has 1 aromatic heterocycles. The maximum atomic E-state index is 6.62. The first-order valence-corrected chi connectivity index (χ1v) is 10.2. The largest absolute Gasteiger partial charge is 0.322 e. The summed E-state index contributed by atoms with van der Waals surface area (Å²) in [7, 11) is 0. The van der Waals surface area contributed by atoms with Gasteiger partial charge in [-0.15, -0.1) is 5.10 Å². The number of hydrogen-bond acceptors (Lipinski definition) is 3. The van der Waals surface area contributed by atoms with E-state index in [1.807, 2.05) is 29.0 Å². The molecule has 1 aliphatic rings. The third kappa shape index (κ3) is 4.23. The van der Waals surface area contributed by atoms with Gasteiger partial charge in [-0.3, -0.25) is 0 Å². The van der Waals surface area contributed by atoms with E-state index in [2.05, 4.69) is 48.9 Å². The van der Waals surface area contributed by atoms with Gasteiger partial charge in [-0.2, -0.15) is 0 Å². The molecule has 7 heteroatoms. The molecule has 0 radical (unpaired) electrons. The summed E-state index contributed by atoms with van der Waals surface area (Å²) in [6.07, 6.45) is 2.96. The molecule has 27 heavy (non-hydrogen) atoms. The van der Waals surface area contributed by atoms with Gasteiger partial charge in [-0.05, 0) is 42.8 Å². The Bertz CT molecular complexity index is 763. The van der Waals surface area contributed by atoms with Crippen molar-refractivity contribution >= 4 is 11.6 Å². The summed E-state index contributed by atoms with van der Waals surface area (Å²) in [4.78, 5) is 3.05. The lowest BCUT2D eigenvalue weighted by atomic mass is 9.99. The van der Waals surface area contributed by atoms with E-state index in [0.29, 0.717) is 0 Å². The quantitative estimate of drug-likeness (QED) is 0.678. The van der Waals surface area contributed by atoms with Crippen molar-refractivity contribution < 1.29 is 9.80 Å². The van der Waals surface area contributed by atoms with Crippen LogP contribution in [-0.4, -0.2) is 52.9 Å². The van der Waals surface area contributed by atoms with Gasteiger partial charge in [0.1, 0.15) is 26.2 Å². The fourth-order valence-electron chi connectivity index (χ4n) is 3.83. The van der Waals surface area contributed by atoms with E-state index in [1.165, 1.54) is 4.90 Å². The number of rotatable bonds is 7. The molecule has 0 unspecified atom stereocenters. The van der Waals surface area contributed by atoms with Crippen molar-refractivity contribution in [2.45, 2.75) is 38.8 Å². The lowest BCUT2D eigenvalue weighted by Gasteiger charge is -2.35. The number of halogens is 1. The van der Waals surface area contributed by atoms with Crippen molar-refractivity contribution in [1.82, 2.24) is 20.2 Å². The molecule has 2 N–H and O–H groups in total. The van der Waals surface area contributed by atoms with Crippen LogP contribution in [0.2, 0.25) is 5.02 Å². The first-order valence-electron chi connectivity index (χ1n) is 9.80. The lowest BCUT2D eigenvalue weighted by Crippen LogP contribution is -3.28. The van der Waals surface area contributed by atoms with Crippen LogP contribution >= 0.6 is 11.6 Å². The van der Waals surface area contributed by atoms with Crippen LogP contribution in [0, 0.1) is 0 Å². The fraction of sp³-hybridized carbons (Fsp3) is 0.550. The summed E-state index contributed by atoms with van der Waals surface area (Å²) in [5.41, 5.74) is 0.956. The van der Waals surface area contributed by atoms with Gasteiger partial charge in [-0.25, -0.2) is 4.68 Å². The number of benzene rings is 1. The number of nitrogens with one attached hydrogen (secondary N) is 2. The highest BCUT2D eigenvalue weighted by Crippen LogP contribution is 2.28. The number of hydrogen-bond donors (Lipinski definition) is 2. The van der Waals surface area contributed by atoms with Crippen molar-refractivity contribution in [3.8, 4) is 0 Å². The Morgan fingerprint density at radius 2 is 1.96 bits per heavy atom. The van der Waals surface area contributed by atoms with Crippen LogP contribution in [0.25, 0.3) is 0 Å². The molecule has 2 heterocycles. The summed E-state index contributed by atoms with van der Waals surface area (Å²) in [5, 5.41) is 13.7. The summed E-state index contributed by atoms with van der Waals surface area (Å²) in [6, 6.07) is 8.13. The Balaban J connectivity index is 1.99. The normalized spacial score (nSPS) is 21.8.